The maximum Gasteiger partial charge on any atom is 0.178 e. The van der Waals surface area contributed by atoms with Crippen LogP contribution in [0.15, 0.2) is 0 Å². The summed E-state index contributed by atoms with van der Waals surface area (Å²) in [4.78, 5) is 0. The van der Waals surface area contributed by atoms with E-state index in [1.54, 1.807) is 13.8 Å². The molecule has 19 heavy (non-hydrogen) atoms. The molecule has 0 radical (unpaired) electrons. The van der Waals surface area contributed by atoms with E-state index < -0.39 is 23.7 Å². The van der Waals surface area contributed by atoms with Gasteiger partial charge in [0.2, 0.25) is 0 Å². The van der Waals surface area contributed by atoms with E-state index in [1.165, 1.54) is 0 Å². The van der Waals surface area contributed by atoms with Crippen LogP contribution in [0.4, 0.5) is 0 Å². The normalized spacial score (nSPS) is 16.4. The molecule has 5 heteroatoms. The molecule has 0 aromatic heterocycles. The molecule has 116 valence electrons. The van der Waals surface area contributed by atoms with E-state index in [0.29, 0.717) is 12.8 Å². The van der Waals surface area contributed by atoms with Gasteiger partial charge in [0.1, 0.15) is 0 Å². The summed E-state index contributed by atoms with van der Waals surface area (Å²) >= 11 is 0. The van der Waals surface area contributed by atoms with Crippen molar-refractivity contribution in [3.8, 4) is 0 Å². The molecule has 2 unspecified atom stereocenters. The largest absolute Gasteiger partial charge is 0.364 e. The second-order valence-electron chi connectivity index (χ2n) is 5.31. The van der Waals surface area contributed by atoms with Gasteiger partial charge in [-0.15, -0.1) is 0 Å². The second-order valence-corrected chi connectivity index (χ2v) is 5.31. The molecule has 0 amide bonds. The fraction of sp³-hybridized carbons (Fsp3) is 1.00. The van der Waals surface area contributed by atoms with Gasteiger partial charge in [-0.1, -0.05) is 40.5 Å². The molecule has 0 aromatic carbocycles. The predicted octanol–water partition coefficient (Wildman–Crippen LogP) is 1.10. The molecule has 0 aliphatic rings. The third kappa shape index (κ3) is 5.75. The van der Waals surface area contributed by atoms with Crippen molar-refractivity contribution in [2.45, 2.75) is 89.9 Å². The molecule has 0 fully saturated rings. The zero-order valence-corrected chi connectivity index (χ0v) is 12.7. The highest BCUT2D eigenvalue weighted by atomic mass is 16.5. The zero-order valence-electron chi connectivity index (χ0n) is 12.7. The van der Waals surface area contributed by atoms with Crippen LogP contribution in [-0.2, 0) is 0 Å². The smallest absolute Gasteiger partial charge is 0.178 e. The van der Waals surface area contributed by atoms with E-state index in [4.69, 9.17) is 0 Å². The minimum atomic E-state index is -1.83. The summed E-state index contributed by atoms with van der Waals surface area (Å²) in [6.45, 7) is 7.31. The van der Waals surface area contributed by atoms with Gasteiger partial charge in [-0.25, -0.2) is 0 Å². The van der Waals surface area contributed by atoms with Gasteiger partial charge in [0.15, 0.2) is 11.6 Å². The van der Waals surface area contributed by atoms with Gasteiger partial charge < -0.3 is 25.7 Å². The Labute approximate surface area is 116 Å². The van der Waals surface area contributed by atoms with E-state index in [1.807, 2.05) is 13.8 Å². The van der Waals surface area contributed by atoms with Gasteiger partial charge in [-0.3, -0.25) is 0 Å². The molecule has 0 aromatic rings. The van der Waals surface area contributed by atoms with Crippen molar-refractivity contribution in [2.75, 3.05) is 0 Å². The van der Waals surface area contributed by atoms with Crippen molar-refractivity contribution < 1.29 is 20.4 Å². The minimum absolute atomic E-state index is 0.194. The van der Waals surface area contributed by atoms with Gasteiger partial charge in [-0.05, 0) is 25.7 Å². The SMILES string of the molecule is CCCC(NC(CCC)C(O)(O)CC)C(O)(O)CC. The maximum atomic E-state index is 10.00. The molecular weight excluding hydrogens is 246 g/mol. The molecule has 0 saturated carbocycles. The second kappa shape index (κ2) is 8.17. The first-order chi connectivity index (χ1) is 8.75. The summed E-state index contributed by atoms with van der Waals surface area (Å²) in [6.07, 6.45) is 3.10. The summed E-state index contributed by atoms with van der Waals surface area (Å²) in [5.41, 5.74) is 0. The summed E-state index contributed by atoms with van der Waals surface area (Å²) in [6, 6.07) is -1.13. The van der Waals surface area contributed by atoms with Crippen LogP contribution in [-0.4, -0.2) is 44.1 Å². The maximum absolute atomic E-state index is 10.00. The van der Waals surface area contributed by atoms with E-state index in [0.717, 1.165) is 12.8 Å². The molecule has 2 atom stereocenters. The molecule has 0 spiro atoms. The van der Waals surface area contributed by atoms with Crippen LogP contribution in [0.25, 0.3) is 0 Å². The Morgan fingerprint density at radius 2 is 1.05 bits per heavy atom. The van der Waals surface area contributed by atoms with Gasteiger partial charge in [0.25, 0.3) is 0 Å². The molecule has 0 aliphatic carbocycles. The molecule has 0 aliphatic heterocycles. The molecular formula is C14H31NO4. The average Bonchev–Trinajstić information content (AvgIpc) is 2.37. The fourth-order valence-corrected chi connectivity index (χ4v) is 2.21. The number of hydrogen-bond donors (Lipinski definition) is 5. The van der Waals surface area contributed by atoms with Gasteiger partial charge in [0, 0.05) is 0 Å². The fourth-order valence-electron chi connectivity index (χ4n) is 2.21. The number of nitrogens with one attached hydrogen (secondary N) is 1. The predicted molar refractivity (Wildman–Crippen MR) is 75.4 cm³/mol. The van der Waals surface area contributed by atoms with Crippen molar-refractivity contribution in [3.05, 3.63) is 0 Å². The Morgan fingerprint density at radius 1 is 0.737 bits per heavy atom. The highest BCUT2D eigenvalue weighted by Crippen LogP contribution is 2.22. The Morgan fingerprint density at radius 3 is 1.26 bits per heavy atom. The summed E-state index contributed by atoms with van der Waals surface area (Å²) in [7, 11) is 0. The van der Waals surface area contributed by atoms with E-state index in [-0.39, 0.29) is 12.8 Å². The lowest BCUT2D eigenvalue weighted by Gasteiger charge is -2.38. The van der Waals surface area contributed by atoms with E-state index in [9.17, 15) is 20.4 Å². The Balaban J connectivity index is 4.94. The molecule has 0 bridgehead atoms. The number of rotatable bonds is 10. The van der Waals surface area contributed by atoms with Crippen LogP contribution in [0.3, 0.4) is 0 Å². The molecule has 5 nitrogen and oxygen atoms in total. The molecule has 0 heterocycles. The van der Waals surface area contributed by atoms with Crippen LogP contribution in [0.5, 0.6) is 0 Å². The van der Waals surface area contributed by atoms with Crippen molar-refractivity contribution in [3.63, 3.8) is 0 Å². The molecule has 0 saturated heterocycles. The van der Waals surface area contributed by atoms with E-state index in [2.05, 4.69) is 5.32 Å². The first kappa shape index (κ1) is 18.8. The van der Waals surface area contributed by atoms with Gasteiger partial charge in [-0.2, -0.15) is 0 Å². The third-order valence-corrected chi connectivity index (χ3v) is 3.71. The number of hydrogen-bond acceptors (Lipinski definition) is 5. The Bertz CT molecular complexity index is 220. The zero-order chi connectivity index (χ0) is 15.1. The monoisotopic (exact) mass is 277 g/mol. The number of aliphatic hydroxyl groups is 4. The van der Waals surface area contributed by atoms with Crippen molar-refractivity contribution in [1.29, 1.82) is 0 Å². The van der Waals surface area contributed by atoms with Crippen LogP contribution in [0.1, 0.15) is 66.2 Å². The molecule has 5 N–H and O–H groups in total. The lowest BCUT2D eigenvalue weighted by molar-refractivity contribution is -0.214. The van der Waals surface area contributed by atoms with Crippen LogP contribution >= 0.6 is 0 Å². The Kier molecular flexibility index (Phi) is 8.08. The van der Waals surface area contributed by atoms with Crippen LogP contribution in [0, 0.1) is 0 Å². The highest BCUT2D eigenvalue weighted by Gasteiger charge is 2.39. The molecule has 0 rings (SSSR count). The highest BCUT2D eigenvalue weighted by molar-refractivity contribution is 4.89. The quantitative estimate of drug-likeness (QED) is 0.386. The van der Waals surface area contributed by atoms with E-state index >= 15 is 0 Å². The van der Waals surface area contributed by atoms with Crippen LogP contribution < -0.4 is 5.32 Å². The average molecular weight is 277 g/mol. The topological polar surface area (TPSA) is 93.0 Å². The summed E-state index contributed by atoms with van der Waals surface area (Å²) in [5.74, 6) is -3.66. The summed E-state index contributed by atoms with van der Waals surface area (Å²) in [5, 5.41) is 43.0. The van der Waals surface area contributed by atoms with Crippen molar-refractivity contribution in [2.24, 2.45) is 0 Å². The Hall–Kier alpha value is -0.200. The first-order valence-corrected chi connectivity index (χ1v) is 7.40. The lowest BCUT2D eigenvalue weighted by Crippen LogP contribution is -2.60. The third-order valence-electron chi connectivity index (χ3n) is 3.71. The lowest BCUT2D eigenvalue weighted by atomic mass is 9.94. The standard InChI is InChI=1S/C14H31NO4/c1-5-9-11(13(16,17)7-3)15-12(10-6-2)14(18,19)8-4/h11-12,15-19H,5-10H2,1-4H3. The van der Waals surface area contributed by atoms with Crippen molar-refractivity contribution >= 4 is 0 Å². The minimum Gasteiger partial charge on any atom is -0.364 e. The summed E-state index contributed by atoms with van der Waals surface area (Å²) < 4.78 is 0. The van der Waals surface area contributed by atoms with Crippen LogP contribution in [0.2, 0.25) is 0 Å². The first-order valence-electron chi connectivity index (χ1n) is 7.40. The van der Waals surface area contributed by atoms with Gasteiger partial charge >= 0.3 is 0 Å². The van der Waals surface area contributed by atoms with Gasteiger partial charge in [0.05, 0.1) is 12.1 Å². The van der Waals surface area contributed by atoms with Crippen molar-refractivity contribution in [1.82, 2.24) is 5.32 Å².